The fourth-order valence-electron chi connectivity index (χ4n) is 2.13. The highest BCUT2D eigenvalue weighted by Crippen LogP contribution is 2.39. The first-order chi connectivity index (χ1) is 10.7. The Labute approximate surface area is 137 Å². The molecule has 1 aliphatic rings. The van der Waals surface area contributed by atoms with E-state index in [1.165, 1.54) is 11.8 Å². The Morgan fingerprint density at radius 2 is 2.18 bits per heavy atom. The van der Waals surface area contributed by atoms with E-state index in [4.69, 9.17) is 5.73 Å². The predicted molar refractivity (Wildman–Crippen MR) is 90.3 cm³/mol. The van der Waals surface area contributed by atoms with Crippen LogP contribution < -0.4 is 11.1 Å². The number of nitrogen functional groups attached to an aromatic ring is 1. The van der Waals surface area contributed by atoms with Crippen molar-refractivity contribution in [3.05, 3.63) is 24.3 Å². The van der Waals surface area contributed by atoms with Crippen LogP contribution in [0.4, 0.5) is 11.6 Å². The minimum atomic E-state index is -0.0598. The molecule has 6 nitrogen and oxygen atoms in total. The lowest BCUT2D eigenvalue weighted by Crippen LogP contribution is -2.15. The third-order valence-electron chi connectivity index (χ3n) is 3.32. The van der Waals surface area contributed by atoms with E-state index in [-0.39, 0.29) is 11.7 Å². The fourth-order valence-corrected chi connectivity index (χ4v) is 3.49. The topological polar surface area (TPSA) is 85.8 Å². The molecule has 0 radical (unpaired) electrons. The van der Waals surface area contributed by atoms with Crippen molar-refractivity contribution in [3.63, 3.8) is 0 Å². The smallest absolute Gasteiger partial charge is 0.234 e. The molecular weight excluding hydrogens is 318 g/mol. The normalized spacial score (nSPS) is 14.0. The third kappa shape index (κ3) is 3.38. The highest BCUT2D eigenvalue weighted by molar-refractivity contribution is 7.99. The molecule has 22 heavy (non-hydrogen) atoms. The zero-order valence-electron chi connectivity index (χ0n) is 12.2. The molecule has 8 heteroatoms. The van der Waals surface area contributed by atoms with Gasteiger partial charge in [-0.1, -0.05) is 23.9 Å². The third-order valence-corrected chi connectivity index (χ3v) is 5.06. The Bertz CT molecular complexity index is 684. The van der Waals surface area contributed by atoms with E-state index in [2.05, 4.69) is 15.5 Å². The van der Waals surface area contributed by atoms with Crippen LogP contribution in [0.1, 0.15) is 18.9 Å². The maximum atomic E-state index is 12.1. The fraction of sp³-hybridized carbons (Fsp3) is 0.357. The summed E-state index contributed by atoms with van der Waals surface area (Å²) in [5, 5.41) is 11.6. The standard InChI is InChI=1S/C14H17N5OS2/c1-21-11-5-3-2-4-10(11)16-12(20)8-22-14-18-17-13(15)19(14)9-6-7-9/h2-5,9H,6-8H2,1H3,(H2,15,17)(H,16,20). The van der Waals surface area contributed by atoms with Gasteiger partial charge in [-0.05, 0) is 31.2 Å². The second kappa shape index (κ2) is 6.62. The molecule has 116 valence electrons. The van der Waals surface area contributed by atoms with Crippen LogP contribution in [-0.2, 0) is 4.79 Å². The van der Waals surface area contributed by atoms with Crippen molar-refractivity contribution in [3.8, 4) is 0 Å². The SMILES string of the molecule is CSc1ccccc1NC(=O)CSc1nnc(N)n1C1CC1. The monoisotopic (exact) mass is 335 g/mol. The minimum absolute atomic E-state index is 0.0598. The molecule has 2 aromatic rings. The summed E-state index contributed by atoms with van der Waals surface area (Å²) in [6.45, 7) is 0. The molecule has 0 aliphatic heterocycles. The highest BCUT2D eigenvalue weighted by atomic mass is 32.2. The molecule has 3 rings (SSSR count). The number of hydrogen-bond donors (Lipinski definition) is 2. The van der Waals surface area contributed by atoms with Crippen molar-refractivity contribution in [2.45, 2.75) is 28.9 Å². The molecule has 1 aromatic carbocycles. The number of benzene rings is 1. The molecule has 0 saturated heterocycles. The van der Waals surface area contributed by atoms with Crippen molar-refractivity contribution >= 4 is 41.1 Å². The van der Waals surface area contributed by atoms with Crippen LogP contribution in [0.25, 0.3) is 0 Å². The number of amides is 1. The summed E-state index contributed by atoms with van der Waals surface area (Å²) in [6.07, 6.45) is 4.19. The van der Waals surface area contributed by atoms with Gasteiger partial charge in [0.25, 0.3) is 0 Å². The number of nitrogens with zero attached hydrogens (tertiary/aromatic N) is 3. The number of nitrogens with two attached hydrogens (primary N) is 1. The van der Waals surface area contributed by atoms with Gasteiger partial charge in [-0.25, -0.2) is 0 Å². The van der Waals surface area contributed by atoms with Gasteiger partial charge in [-0.15, -0.1) is 22.0 Å². The second-order valence-corrected chi connectivity index (χ2v) is 6.77. The van der Waals surface area contributed by atoms with Gasteiger partial charge in [0.05, 0.1) is 11.4 Å². The lowest BCUT2D eigenvalue weighted by molar-refractivity contribution is -0.113. The first-order valence-electron chi connectivity index (χ1n) is 6.95. The lowest BCUT2D eigenvalue weighted by atomic mass is 10.3. The van der Waals surface area contributed by atoms with Crippen molar-refractivity contribution in [1.82, 2.24) is 14.8 Å². The zero-order valence-corrected chi connectivity index (χ0v) is 13.8. The summed E-state index contributed by atoms with van der Waals surface area (Å²) in [7, 11) is 0. The maximum Gasteiger partial charge on any atom is 0.234 e. The van der Waals surface area contributed by atoms with Gasteiger partial charge >= 0.3 is 0 Å². The van der Waals surface area contributed by atoms with Gasteiger partial charge in [0, 0.05) is 10.9 Å². The molecule has 1 heterocycles. The summed E-state index contributed by atoms with van der Waals surface area (Å²) in [6, 6.07) is 8.15. The highest BCUT2D eigenvalue weighted by Gasteiger charge is 2.29. The Morgan fingerprint density at radius 1 is 1.41 bits per heavy atom. The average molecular weight is 335 g/mol. The van der Waals surface area contributed by atoms with Gasteiger partial charge in [0.1, 0.15) is 0 Å². The average Bonchev–Trinajstić information content (AvgIpc) is 3.29. The van der Waals surface area contributed by atoms with E-state index in [9.17, 15) is 4.79 Å². The van der Waals surface area contributed by atoms with E-state index < -0.39 is 0 Å². The molecule has 0 spiro atoms. The maximum absolute atomic E-state index is 12.1. The number of carbonyl (C=O) groups is 1. The van der Waals surface area contributed by atoms with Gasteiger partial charge in [-0.2, -0.15) is 0 Å². The van der Waals surface area contributed by atoms with Crippen LogP contribution in [0.2, 0.25) is 0 Å². The quantitative estimate of drug-likeness (QED) is 0.789. The zero-order chi connectivity index (χ0) is 15.5. The summed E-state index contributed by atoms with van der Waals surface area (Å²) in [5.41, 5.74) is 6.66. The number of para-hydroxylation sites is 1. The van der Waals surface area contributed by atoms with E-state index in [0.29, 0.717) is 17.1 Å². The number of nitrogens with one attached hydrogen (secondary N) is 1. The van der Waals surface area contributed by atoms with Crippen molar-refractivity contribution < 1.29 is 4.79 Å². The van der Waals surface area contributed by atoms with E-state index in [1.54, 1.807) is 11.8 Å². The van der Waals surface area contributed by atoms with Crippen LogP contribution >= 0.6 is 23.5 Å². The first-order valence-corrected chi connectivity index (χ1v) is 9.16. The minimum Gasteiger partial charge on any atom is -0.368 e. The Kier molecular flexibility index (Phi) is 4.58. The lowest BCUT2D eigenvalue weighted by Gasteiger charge is -2.09. The first kappa shape index (κ1) is 15.2. The van der Waals surface area contributed by atoms with Gasteiger partial charge in [0.15, 0.2) is 5.16 Å². The Morgan fingerprint density at radius 3 is 2.91 bits per heavy atom. The summed E-state index contributed by atoms with van der Waals surface area (Å²) >= 11 is 2.97. The number of anilines is 2. The summed E-state index contributed by atoms with van der Waals surface area (Å²) in [5.74, 6) is 0.654. The van der Waals surface area contributed by atoms with Crippen LogP contribution in [0.3, 0.4) is 0 Å². The van der Waals surface area contributed by atoms with E-state index in [0.717, 1.165) is 23.4 Å². The number of hydrogen-bond acceptors (Lipinski definition) is 6. The molecule has 0 unspecified atom stereocenters. The van der Waals surface area contributed by atoms with Gasteiger partial charge < -0.3 is 11.1 Å². The van der Waals surface area contributed by atoms with Crippen LogP contribution in [-0.4, -0.2) is 32.7 Å². The number of aromatic nitrogens is 3. The number of rotatable bonds is 6. The Hall–Kier alpha value is -1.67. The van der Waals surface area contributed by atoms with Gasteiger partial charge in [-0.3, -0.25) is 9.36 Å². The number of carbonyl (C=O) groups excluding carboxylic acids is 1. The van der Waals surface area contributed by atoms with Crippen LogP contribution in [0.15, 0.2) is 34.3 Å². The molecule has 0 bridgehead atoms. The van der Waals surface area contributed by atoms with Crippen LogP contribution in [0, 0.1) is 0 Å². The van der Waals surface area contributed by atoms with Crippen molar-refractivity contribution in [1.29, 1.82) is 0 Å². The summed E-state index contributed by atoms with van der Waals surface area (Å²) in [4.78, 5) is 13.2. The molecular formula is C14H17N5OS2. The number of thioether (sulfide) groups is 2. The van der Waals surface area contributed by atoms with Crippen LogP contribution in [0.5, 0.6) is 0 Å². The van der Waals surface area contributed by atoms with Crippen molar-refractivity contribution in [2.75, 3.05) is 23.1 Å². The molecule has 1 aliphatic carbocycles. The molecule has 3 N–H and O–H groups in total. The summed E-state index contributed by atoms with van der Waals surface area (Å²) < 4.78 is 1.92. The Balaban J connectivity index is 1.61. The van der Waals surface area contributed by atoms with E-state index in [1.807, 2.05) is 35.1 Å². The molecule has 1 saturated carbocycles. The van der Waals surface area contributed by atoms with Crippen molar-refractivity contribution in [2.24, 2.45) is 0 Å². The largest absolute Gasteiger partial charge is 0.368 e. The van der Waals surface area contributed by atoms with Gasteiger partial charge in [0.2, 0.25) is 11.9 Å². The molecule has 1 amide bonds. The molecule has 1 aromatic heterocycles. The second-order valence-electron chi connectivity index (χ2n) is 4.98. The predicted octanol–water partition coefficient (Wildman–Crippen LogP) is 2.65. The van der Waals surface area contributed by atoms with E-state index >= 15 is 0 Å². The molecule has 1 fully saturated rings. The molecule has 0 atom stereocenters.